The monoisotopic (exact) mass is 277 g/mol. The lowest BCUT2D eigenvalue weighted by molar-refractivity contribution is 0.0707. The van der Waals surface area contributed by atoms with Crippen LogP contribution in [0.5, 0.6) is 5.75 Å². The number of hydrogen-bond acceptors (Lipinski definition) is 3. The van der Waals surface area contributed by atoms with Crippen molar-refractivity contribution >= 4 is 17.5 Å². The highest BCUT2D eigenvalue weighted by atomic mass is 35.5. The largest absolute Gasteiger partial charge is 0.506 e. The van der Waals surface area contributed by atoms with Gasteiger partial charge in [0, 0.05) is 31.0 Å². The normalized spacial score (nSPS) is 14.3. The van der Waals surface area contributed by atoms with Crippen LogP contribution in [-0.2, 0) is 13.1 Å². The van der Waals surface area contributed by atoms with E-state index in [1.165, 1.54) is 12.1 Å². The van der Waals surface area contributed by atoms with Gasteiger partial charge in [-0.15, -0.1) is 0 Å². The first kappa shape index (κ1) is 12.0. The quantitative estimate of drug-likeness (QED) is 0.866. The Balaban J connectivity index is 1.83. The Morgan fingerprint density at radius 2 is 2.21 bits per heavy atom. The molecule has 0 bridgehead atoms. The minimum absolute atomic E-state index is 0.0209. The third-order valence-electron chi connectivity index (χ3n) is 3.23. The maximum atomic E-state index is 12.3. The van der Waals surface area contributed by atoms with Crippen LogP contribution >= 0.6 is 11.6 Å². The van der Waals surface area contributed by atoms with Crippen molar-refractivity contribution in [3.8, 4) is 5.75 Å². The van der Waals surface area contributed by atoms with E-state index in [1.807, 2.05) is 10.8 Å². The summed E-state index contributed by atoms with van der Waals surface area (Å²) in [6.45, 7) is 1.87. The van der Waals surface area contributed by atoms with Gasteiger partial charge in [0.2, 0.25) is 0 Å². The average Bonchev–Trinajstić information content (AvgIpc) is 2.88. The molecule has 0 aliphatic carbocycles. The van der Waals surface area contributed by atoms with Gasteiger partial charge in [-0.2, -0.15) is 0 Å². The van der Waals surface area contributed by atoms with Crippen molar-refractivity contribution in [1.82, 2.24) is 14.5 Å². The summed E-state index contributed by atoms with van der Waals surface area (Å²) in [6.07, 6.45) is 3.65. The Bertz CT molecular complexity index is 639. The molecule has 0 radical (unpaired) electrons. The van der Waals surface area contributed by atoms with Crippen LogP contribution in [0.3, 0.4) is 0 Å². The standard InChI is InChI=1S/C13H12ClN3O2/c14-10-7-9(1-2-11(10)18)13(19)17-6-5-16-4-3-15-12(16)8-17/h1-4,7,18H,5-6,8H2. The Kier molecular flexibility index (Phi) is 2.91. The molecule has 5 nitrogen and oxygen atoms in total. The van der Waals surface area contributed by atoms with Crippen molar-refractivity contribution in [2.75, 3.05) is 6.54 Å². The van der Waals surface area contributed by atoms with E-state index in [0.717, 1.165) is 12.4 Å². The van der Waals surface area contributed by atoms with Gasteiger partial charge in [-0.3, -0.25) is 4.79 Å². The number of halogens is 1. The van der Waals surface area contributed by atoms with Crippen LogP contribution in [0.1, 0.15) is 16.2 Å². The summed E-state index contributed by atoms with van der Waals surface area (Å²) >= 11 is 5.82. The molecule has 0 saturated heterocycles. The zero-order chi connectivity index (χ0) is 13.4. The SMILES string of the molecule is O=C(c1ccc(O)c(Cl)c1)N1CCn2ccnc2C1. The van der Waals surface area contributed by atoms with E-state index in [2.05, 4.69) is 4.98 Å². The molecular weight excluding hydrogens is 266 g/mol. The zero-order valence-corrected chi connectivity index (χ0v) is 10.8. The predicted molar refractivity (Wildman–Crippen MR) is 70.1 cm³/mol. The lowest BCUT2D eigenvalue weighted by atomic mass is 10.1. The number of benzene rings is 1. The lowest BCUT2D eigenvalue weighted by Gasteiger charge is -2.27. The summed E-state index contributed by atoms with van der Waals surface area (Å²) in [4.78, 5) is 18.3. The van der Waals surface area contributed by atoms with Crippen LogP contribution in [0.2, 0.25) is 5.02 Å². The first-order chi connectivity index (χ1) is 9.15. The Labute approximate surface area is 115 Å². The number of carbonyl (C=O) groups is 1. The molecule has 1 aliphatic rings. The molecule has 2 heterocycles. The van der Waals surface area contributed by atoms with Gasteiger partial charge in [0.15, 0.2) is 0 Å². The van der Waals surface area contributed by atoms with Crippen molar-refractivity contribution in [3.05, 3.63) is 47.0 Å². The van der Waals surface area contributed by atoms with Crippen molar-refractivity contribution in [1.29, 1.82) is 0 Å². The fraction of sp³-hybridized carbons (Fsp3) is 0.231. The van der Waals surface area contributed by atoms with Gasteiger partial charge >= 0.3 is 0 Å². The minimum atomic E-state index is -0.101. The second kappa shape index (κ2) is 4.59. The molecular formula is C13H12ClN3O2. The molecule has 0 atom stereocenters. The summed E-state index contributed by atoms with van der Waals surface area (Å²) in [5, 5.41) is 9.55. The van der Waals surface area contributed by atoms with Crippen molar-refractivity contribution in [2.24, 2.45) is 0 Å². The molecule has 6 heteroatoms. The molecule has 1 aliphatic heterocycles. The molecule has 2 aromatic rings. The molecule has 0 fully saturated rings. The Hall–Kier alpha value is -2.01. The molecule has 1 N–H and O–H groups in total. The van der Waals surface area contributed by atoms with Gasteiger partial charge in [0.05, 0.1) is 11.6 Å². The van der Waals surface area contributed by atoms with Crippen LogP contribution in [0.15, 0.2) is 30.6 Å². The maximum Gasteiger partial charge on any atom is 0.254 e. The van der Waals surface area contributed by atoms with Gasteiger partial charge in [-0.25, -0.2) is 4.98 Å². The second-order valence-corrected chi connectivity index (χ2v) is 4.84. The average molecular weight is 278 g/mol. The number of carbonyl (C=O) groups excluding carboxylic acids is 1. The summed E-state index contributed by atoms with van der Waals surface area (Å²) in [5.41, 5.74) is 0.475. The van der Waals surface area contributed by atoms with Crippen LogP contribution in [0, 0.1) is 0 Å². The summed E-state index contributed by atoms with van der Waals surface area (Å²) in [5.74, 6) is 0.757. The first-order valence-electron chi connectivity index (χ1n) is 5.93. The Morgan fingerprint density at radius 1 is 1.37 bits per heavy atom. The van der Waals surface area contributed by atoms with Crippen molar-refractivity contribution in [3.63, 3.8) is 0 Å². The van der Waals surface area contributed by atoms with Crippen LogP contribution in [0.25, 0.3) is 0 Å². The summed E-state index contributed by atoms with van der Waals surface area (Å²) in [6, 6.07) is 4.49. The lowest BCUT2D eigenvalue weighted by Crippen LogP contribution is -2.38. The van der Waals surface area contributed by atoms with Gasteiger partial charge in [-0.05, 0) is 18.2 Å². The van der Waals surface area contributed by atoms with Gasteiger partial charge < -0.3 is 14.6 Å². The van der Waals surface area contributed by atoms with E-state index >= 15 is 0 Å². The number of hydrogen-bond donors (Lipinski definition) is 1. The number of rotatable bonds is 1. The number of fused-ring (bicyclic) bond motifs is 1. The third-order valence-corrected chi connectivity index (χ3v) is 3.53. The van der Waals surface area contributed by atoms with Gasteiger partial charge in [-0.1, -0.05) is 11.6 Å². The van der Waals surface area contributed by atoms with E-state index in [0.29, 0.717) is 18.7 Å². The van der Waals surface area contributed by atoms with Crippen molar-refractivity contribution in [2.45, 2.75) is 13.1 Å². The number of amides is 1. The summed E-state index contributed by atoms with van der Waals surface area (Å²) in [7, 11) is 0. The van der Waals surface area contributed by atoms with Crippen molar-refractivity contribution < 1.29 is 9.90 Å². The topological polar surface area (TPSA) is 58.4 Å². The fourth-order valence-electron chi connectivity index (χ4n) is 2.17. The highest BCUT2D eigenvalue weighted by Gasteiger charge is 2.22. The zero-order valence-electron chi connectivity index (χ0n) is 10.1. The number of phenolic OH excluding ortho intramolecular Hbond substituents is 1. The van der Waals surface area contributed by atoms with Crippen LogP contribution < -0.4 is 0 Å². The molecule has 0 saturated carbocycles. The number of aromatic nitrogens is 2. The summed E-state index contributed by atoms with van der Waals surface area (Å²) < 4.78 is 2.04. The highest BCUT2D eigenvalue weighted by Crippen LogP contribution is 2.25. The van der Waals surface area contributed by atoms with Gasteiger partial charge in [0.25, 0.3) is 5.91 Å². The van der Waals surface area contributed by atoms with Crippen LogP contribution in [-0.4, -0.2) is 32.0 Å². The molecule has 98 valence electrons. The Morgan fingerprint density at radius 3 is 3.00 bits per heavy atom. The number of aromatic hydroxyl groups is 1. The molecule has 3 rings (SSSR count). The second-order valence-electron chi connectivity index (χ2n) is 4.43. The minimum Gasteiger partial charge on any atom is -0.506 e. The van der Waals surface area contributed by atoms with Gasteiger partial charge in [0.1, 0.15) is 11.6 Å². The fourth-order valence-corrected chi connectivity index (χ4v) is 2.35. The first-order valence-corrected chi connectivity index (χ1v) is 6.31. The molecule has 1 amide bonds. The third kappa shape index (κ3) is 2.17. The maximum absolute atomic E-state index is 12.3. The smallest absolute Gasteiger partial charge is 0.254 e. The molecule has 1 aromatic heterocycles. The van der Waals surface area contributed by atoms with E-state index in [4.69, 9.17) is 11.6 Å². The number of imidazole rings is 1. The molecule has 1 aromatic carbocycles. The molecule has 0 spiro atoms. The number of phenols is 1. The molecule has 19 heavy (non-hydrogen) atoms. The van der Waals surface area contributed by atoms with E-state index in [9.17, 15) is 9.90 Å². The highest BCUT2D eigenvalue weighted by molar-refractivity contribution is 6.32. The predicted octanol–water partition coefficient (Wildman–Crippen LogP) is 1.90. The van der Waals surface area contributed by atoms with E-state index in [1.54, 1.807) is 17.2 Å². The van der Waals surface area contributed by atoms with E-state index in [-0.39, 0.29) is 16.7 Å². The number of nitrogens with zero attached hydrogens (tertiary/aromatic N) is 3. The molecule has 0 unspecified atom stereocenters. The van der Waals surface area contributed by atoms with E-state index < -0.39 is 0 Å². The van der Waals surface area contributed by atoms with Crippen LogP contribution in [0.4, 0.5) is 0 Å².